The lowest BCUT2D eigenvalue weighted by Crippen LogP contribution is -2.45. The summed E-state index contributed by atoms with van der Waals surface area (Å²) >= 11 is 0. The van der Waals surface area contributed by atoms with Crippen LogP contribution >= 0.6 is 0 Å². The molecule has 0 aliphatic rings. The maximum atomic E-state index is 13.8. The normalized spacial score (nSPS) is 10.8. The lowest BCUT2D eigenvalue weighted by atomic mass is 10.1. The third-order valence-corrected chi connectivity index (χ3v) is 6.54. The second kappa shape index (κ2) is 12.8. The molecule has 0 saturated carbocycles. The predicted molar refractivity (Wildman–Crippen MR) is 150 cm³/mol. The maximum absolute atomic E-state index is 13.8. The van der Waals surface area contributed by atoms with Gasteiger partial charge in [-0.15, -0.1) is 0 Å². The van der Waals surface area contributed by atoms with E-state index < -0.39 is 0 Å². The predicted octanol–water partition coefficient (Wildman–Crippen LogP) is 5.62. The molecule has 0 aliphatic carbocycles. The fourth-order valence-corrected chi connectivity index (χ4v) is 4.43. The van der Waals surface area contributed by atoms with Gasteiger partial charge in [0.15, 0.2) is 0 Å². The van der Waals surface area contributed by atoms with Crippen LogP contribution in [0.3, 0.4) is 0 Å². The number of amides is 2. The zero-order valence-electron chi connectivity index (χ0n) is 22.3. The summed E-state index contributed by atoms with van der Waals surface area (Å²) in [5, 5.41) is 0. The van der Waals surface area contributed by atoms with Crippen molar-refractivity contribution in [2.75, 3.05) is 13.7 Å². The zero-order chi connectivity index (χ0) is 26.9. The quantitative estimate of drug-likeness (QED) is 0.264. The standard InChI is InChI=1S/C32H35N3O3/c1-25(2)35(32(37)28-15-8-5-9-16-28)24-31(36)34(21-26-12-6-4-7-13-26)23-29-17-11-19-33(29)22-27-14-10-18-30(20-27)38-3/h4-20,25H,21-24H2,1-3H3. The van der Waals surface area contributed by atoms with Crippen LogP contribution in [-0.2, 0) is 24.4 Å². The van der Waals surface area contributed by atoms with Crippen LogP contribution in [0.2, 0.25) is 0 Å². The summed E-state index contributed by atoms with van der Waals surface area (Å²) in [4.78, 5) is 30.5. The molecule has 0 atom stereocenters. The Kier molecular flexibility index (Phi) is 8.98. The summed E-state index contributed by atoms with van der Waals surface area (Å²) < 4.78 is 7.53. The number of carbonyl (C=O) groups is 2. The van der Waals surface area contributed by atoms with Crippen LogP contribution in [-0.4, -0.2) is 45.9 Å². The van der Waals surface area contributed by atoms with Gasteiger partial charge < -0.3 is 19.1 Å². The first kappa shape index (κ1) is 26.7. The Morgan fingerprint density at radius 2 is 1.50 bits per heavy atom. The Morgan fingerprint density at radius 3 is 2.18 bits per heavy atom. The minimum absolute atomic E-state index is 0.00875. The Labute approximate surface area is 225 Å². The first-order valence-electron chi connectivity index (χ1n) is 12.9. The van der Waals surface area contributed by atoms with Gasteiger partial charge in [0.05, 0.1) is 13.7 Å². The van der Waals surface area contributed by atoms with Crippen LogP contribution in [0, 0.1) is 0 Å². The van der Waals surface area contributed by atoms with Gasteiger partial charge in [-0.2, -0.15) is 0 Å². The van der Waals surface area contributed by atoms with Gasteiger partial charge in [-0.25, -0.2) is 0 Å². The number of hydrogen-bond donors (Lipinski definition) is 0. The molecule has 0 spiro atoms. The highest BCUT2D eigenvalue weighted by Gasteiger charge is 2.25. The van der Waals surface area contributed by atoms with Crippen LogP contribution in [0.4, 0.5) is 0 Å². The van der Waals surface area contributed by atoms with E-state index in [-0.39, 0.29) is 24.4 Å². The van der Waals surface area contributed by atoms with Crippen molar-refractivity contribution in [2.45, 2.75) is 39.5 Å². The number of nitrogens with zero attached hydrogens (tertiary/aromatic N) is 3. The van der Waals surface area contributed by atoms with E-state index in [1.807, 2.05) is 104 Å². The Balaban J connectivity index is 1.56. The van der Waals surface area contributed by atoms with Crippen molar-refractivity contribution in [1.29, 1.82) is 0 Å². The molecule has 1 heterocycles. The second-order valence-electron chi connectivity index (χ2n) is 9.61. The number of hydrogen-bond acceptors (Lipinski definition) is 3. The lowest BCUT2D eigenvalue weighted by molar-refractivity contribution is -0.133. The average molecular weight is 510 g/mol. The number of methoxy groups -OCH3 is 1. The van der Waals surface area contributed by atoms with Gasteiger partial charge in [0.1, 0.15) is 12.3 Å². The molecular formula is C32H35N3O3. The topological polar surface area (TPSA) is 54.8 Å². The van der Waals surface area contributed by atoms with Crippen molar-refractivity contribution < 1.29 is 14.3 Å². The molecular weight excluding hydrogens is 474 g/mol. The molecule has 6 heteroatoms. The number of carbonyl (C=O) groups excluding carboxylic acids is 2. The van der Waals surface area contributed by atoms with Gasteiger partial charge in [0.25, 0.3) is 5.91 Å². The molecule has 4 aromatic rings. The van der Waals surface area contributed by atoms with E-state index >= 15 is 0 Å². The Morgan fingerprint density at radius 1 is 0.816 bits per heavy atom. The fraction of sp³-hybridized carbons (Fsp3) is 0.250. The molecule has 0 unspecified atom stereocenters. The number of benzene rings is 3. The third-order valence-electron chi connectivity index (χ3n) is 6.54. The molecule has 0 radical (unpaired) electrons. The van der Waals surface area contributed by atoms with Crippen molar-refractivity contribution >= 4 is 11.8 Å². The molecule has 1 aromatic heterocycles. The molecule has 0 fully saturated rings. The minimum atomic E-state index is -0.144. The SMILES string of the molecule is COc1cccc(Cn2cccc2CN(Cc2ccccc2)C(=O)CN(C(=O)c2ccccc2)C(C)C)c1. The summed E-state index contributed by atoms with van der Waals surface area (Å²) in [5.41, 5.74) is 3.75. The molecule has 3 aromatic carbocycles. The van der Waals surface area contributed by atoms with E-state index in [4.69, 9.17) is 4.74 Å². The van der Waals surface area contributed by atoms with Gasteiger partial charge in [0.2, 0.25) is 5.91 Å². The lowest BCUT2D eigenvalue weighted by Gasteiger charge is -2.30. The molecule has 0 aliphatic heterocycles. The summed E-state index contributed by atoms with van der Waals surface area (Å²) in [6.45, 7) is 5.43. The van der Waals surface area contributed by atoms with Crippen LogP contribution in [0.1, 0.15) is 41.0 Å². The second-order valence-corrected chi connectivity index (χ2v) is 9.61. The van der Waals surface area contributed by atoms with Crippen molar-refractivity contribution in [3.05, 3.63) is 126 Å². The van der Waals surface area contributed by atoms with E-state index in [1.165, 1.54) is 0 Å². The first-order chi connectivity index (χ1) is 18.4. The van der Waals surface area contributed by atoms with Gasteiger partial charge in [-0.3, -0.25) is 9.59 Å². The smallest absolute Gasteiger partial charge is 0.254 e. The molecule has 196 valence electrons. The maximum Gasteiger partial charge on any atom is 0.254 e. The molecule has 0 saturated heterocycles. The Bertz CT molecular complexity index is 1330. The summed E-state index contributed by atoms with van der Waals surface area (Å²) in [7, 11) is 1.66. The largest absolute Gasteiger partial charge is 0.497 e. The van der Waals surface area contributed by atoms with E-state index in [9.17, 15) is 9.59 Å². The average Bonchev–Trinajstić information content (AvgIpc) is 3.38. The van der Waals surface area contributed by atoms with E-state index in [2.05, 4.69) is 10.6 Å². The third kappa shape index (κ3) is 6.91. The van der Waals surface area contributed by atoms with Crippen molar-refractivity contribution in [1.82, 2.24) is 14.4 Å². The summed E-state index contributed by atoms with van der Waals surface area (Å²) in [6, 6.07) is 31.0. The van der Waals surface area contributed by atoms with Crippen molar-refractivity contribution in [2.24, 2.45) is 0 Å². The van der Waals surface area contributed by atoms with Gasteiger partial charge in [-0.05, 0) is 61.4 Å². The number of rotatable bonds is 11. The van der Waals surface area contributed by atoms with Gasteiger partial charge in [-0.1, -0.05) is 60.7 Å². The van der Waals surface area contributed by atoms with Crippen LogP contribution < -0.4 is 4.74 Å². The van der Waals surface area contributed by atoms with Crippen molar-refractivity contribution in [3.8, 4) is 5.75 Å². The molecule has 38 heavy (non-hydrogen) atoms. The monoisotopic (exact) mass is 509 g/mol. The number of ether oxygens (including phenoxy) is 1. The fourth-order valence-electron chi connectivity index (χ4n) is 4.43. The highest BCUT2D eigenvalue weighted by molar-refractivity contribution is 5.96. The summed E-state index contributed by atoms with van der Waals surface area (Å²) in [6.07, 6.45) is 2.03. The van der Waals surface area contributed by atoms with E-state index in [1.54, 1.807) is 24.1 Å². The van der Waals surface area contributed by atoms with Crippen molar-refractivity contribution in [3.63, 3.8) is 0 Å². The molecule has 0 N–H and O–H groups in total. The van der Waals surface area contributed by atoms with Crippen LogP contribution in [0.25, 0.3) is 0 Å². The first-order valence-corrected chi connectivity index (χ1v) is 12.9. The molecule has 0 bridgehead atoms. The van der Waals surface area contributed by atoms with E-state index in [0.29, 0.717) is 25.2 Å². The van der Waals surface area contributed by atoms with Gasteiger partial charge in [0, 0.05) is 36.6 Å². The Hall–Kier alpha value is -4.32. The highest BCUT2D eigenvalue weighted by Crippen LogP contribution is 2.18. The van der Waals surface area contributed by atoms with Gasteiger partial charge >= 0.3 is 0 Å². The minimum Gasteiger partial charge on any atom is -0.497 e. The summed E-state index contributed by atoms with van der Waals surface area (Å²) in [5.74, 6) is 0.574. The van der Waals surface area contributed by atoms with Crippen LogP contribution in [0.5, 0.6) is 5.75 Å². The number of aromatic nitrogens is 1. The highest BCUT2D eigenvalue weighted by atomic mass is 16.5. The molecule has 6 nitrogen and oxygen atoms in total. The zero-order valence-corrected chi connectivity index (χ0v) is 22.3. The molecule has 4 rings (SSSR count). The van der Waals surface area contributed by atoms with Crippen LogP contribution in [0.15, 0.2) is 103 Å². The van der Waals surface area contributed by atoms with E-state index in [0.717, 1.165) is 22.6 Å². The molecule has 2 amide bonds.